The molecule has 28 heavy (non-hydrogen) atoms. The minimum absolute atomic E-state index is 0.181. The molecule has 1 aromatic heterocycles. The first-order chi connectivity index (χ1) is 13.7. The number of nitrogens with zero attached hydrogens (tertiary/aromatic N) is 3. The van der Waals surface area contributed by atoms with Crippen molar-refractivity contribution in [3.05, 3.63) is 53.5 Å². The lowest BCUT2D eigenvalue weighted by molar-refractivity contribution is 0.0209. The highest BCUT2D eigenvalue weighted by atomic mass is 16.5. The van der Waals surface area contributed by atoms with E-state index >= 15 is 0 Å². The van der Waals surface area contributed by atoms with Crippen LogP contribution < -0.4 is 10.6 Å². The molecule has 1 saturated heterocycles. The van der Waals surface area contributed by atoms with Gasteiger partial charge in [0, 0.05) is 32.2 Å². The largest absolute Gasteiger partial charge is 0.390 e. The van der Waals surface area contributed by atoms with Crippen molar-refractivity contribution < 1.29 is 14.6 Å². The molecule has 1 atom stereocenters. The van der Waals surface area contributed by atoms with Crippen molar-refractivity contribution >= 4 is 11.7 Å². The van der Waals surface area contributed by atoms with E-state index in [1.807, 2.05) is 6.07 Å². The molecule has 2 aliphatic heterocycles. The normalized spacial score (nSPS) is 18.0. The SMILES string of the molecule is O=C(NC[C@@H](O)CN1CCc2ccccc2C1)c1cc(NC2COC2)ncn1. The smallest absolute Gasteiger partial charge is 0.270 e. The molecule has 0 saturated carbocycles. The van der Waals surface area contributed by atoms with Crippen molar-refractivity contribution in [2.24, 2.45) is 0 Å². The van der Waals surface area contributed by atoms with Crippen LogP contribution >= 0.6 is 0 Å². The average Bonchev–Trinajstić information content (AvgIpc) is 2.69. The van der Waals surface area contributed by atoms with Gasteiger partial charge in [-0.3, -0.25) is 9.69 Å². The van der Waals surface area contributed by atoms with Crippen LogP contribution in [0.2, 0.25) is 0 Å². The van der Waals surface area contributed by atoms with Crippen LogP contribution in [0.3, 0.4) is 0 Å². The van der Waals surface area contributed by atoms with E-state index in [9.17, 15) is 9.90 Å². The Morgan fingerprint density at radius 2 is 2.11 bits per heavy atom. The second-order valence-corrected chi connectivity index (χ2v) is 7.28. The summed E-state index contributed by atoms with van der Waals surface area (Å²) < 4.78 is 5.11. The third-order valence-electron chi connectivity index (χ3n) is 5.07. The van der Waals surface area contributed by atoms with Gasteiger partial charge in [-0.1, -0.05) is 24.3 Å². The minimum atomic E-state index is -0.638. The third kappa shape index (κ3) is 4.64. The Morgan fingerprint density at radius 3 is 2.89 bits per heavy atom. The van der Waals surface area contributed by atoms with E-state index in [1.54, 1.807) is 6.07 Å². The predicted molar refractivity (Wildman–Crippen MR) is 104 cm³/mol. The Hall–Kier alpha value is -2.55. The van der Waals surface area contributed by atoms with Crippen LogP contribution in [0.25, 0.3) is 0 Å². The minimum Gasteiger partial charge on any atom is -0.390 e. The number of anilines is 1. The summed E-state index contributed by atoms with van der Waals surface area (Å²) in [5.74, 6) is 0.277. The van der Waals surface area contributed by atoms with Crippen LogP contribution in [0.5, 0.6) is 0 Å². The lowest BCUT2D eigenvalue weighted by atomic mass is 10.00. The van der Waals surface area contributed by atoms with E-state index < -0.39 is 6.10 Å². The maximum Gasteiger partial charge on any atom is 0.270 e. The van der Waals surface area contributed by atoms with Gasteiger partial charge in [-0.2, -0.15) is 0 Å². The maximum absolute atomic E-state index is 12.3. The standard InChI is InChI=1S/C20H25N5O3/c26-17(10-25-6-5-14-3-1-2-4-15(14)9-25)8-21-20(27)18-7-19(23-13-22-18)24-16-11-28-12-16/h1-4,7,13,16-17,26H,5-6,8-12H2,(H,21,27)(H,22,23,24)/t17-/m1/s1. The fourth-order valence-corrected chi connectivity index (χ4v) is 3.46. The van der Waals surface area contributed by atoms with Gasteiger partial charge in [0.2, 0.25) is 0 Å². The van der Waals surface area contributed by atoms with Gasteiger partial charge in [0.15, 0.2) is 0 Å². The van der Waals surface area contributed by atoms with Crippen molar-refractivity contribution in [3.63, 3.8) is 0 Å². The molecule has 2 aliphatic rings. The fraction of sp³-hybridized carbons (Fsp3) is 0.450. The van der Waals surface area contributed by atoms with Crippen LogP contribution in [0.4, 0.5) is 5.82 Å². The first kappa shape index (κ1) is 18.8. The van der Waals surface area contributed by atoms with Crippen LogP contribution in [0.15, 0.2) is 36.7 Å². The number of amides is 1. The van der Waals surface area contributed by atoms with E-state index in [-0.39, 0.29) is 24.2 Å². The highest BCUT2D eigenvalue weighted by molar-refractivity contribution is 5.92. The van der Waals surface area contributed by atoms with Crippen molar-refractivity contribution in [1.82, 2.24) is 20.2 Å². The number of ether oxygens (including phenoxy) is 1. The number of benzene rings is 1. The number of carbonyl (C=O) groups is 1. The number of aliphatic hydroxyl groups is 1. The highest BCUT2D eigenvalue weighted by Crippen LogP contribution is 2.18. The molecule has 2 aromatic rings. The number of hydrogen-bond donors (Lipinski definition) is 3. The topological polar surface area (TPSA) is 99.6 Å². The summed E-state index contributed by atoms with van der Waals surface area (Å²) in [6.07, 6.45) is 1.71. The molecule has 148 valence electrons. The molecule has 0 aliphatic carbocycles. The molecule has 1 aromatic carbocycles. The molecule has 1 amide bonds. The zero-order chi connectivity index (χ0) is 19.3. The number of nitrogens with one attached hydrogen (secondary N) is 2. The van der Waals surface area contributed by atoms with E-state index in [4.69, 9.17) is 4.74 Å². The van der Waals surface area contributed by atoms with Gasteiger partial charge in [-0.05, 0) is 17.5 Å². The van der Waals surface area contributed by atoms with Crippen LogP contribution in [0, 0.1) is 0 Å². The highest BCUT2D eigenvalue weighted by Gasteiger charge is 2.20. The summed E-state index contributed by atoms with van der Waals surface area (Å²) in [5.41, 5.74) is 2.96. The molecule has 8 nitrogen and oxygen atoms in total. The summed E-state index contributed by atoms with van der Waals surface area (Å²) in [4.78, 5) is 22.7. The van der Waals surface area contributed by atoms with Gasteiger partial charge in [0.1, 0.15) is 17.8 Å². The Morgan fingerprint density at radius 1 is 1.29 bits per heavy atom. The van der Waals surface area contributed by atoms with Crippen molar-refractivity contribution in [2.75, 3.05) is 38.2 Å². The fourth-order valence-electron chi connectivity index (χ4n) is 3.46. The average molecular weight is 383 g/mol. The summed E-state index contributed by atoms with van der Waals surface area (Å²) >= 11 is 0. The molecule has 0 unspecified atom stereocenters. The number of hydrogen-bond acceptors (Lipinski definition) is 7. The number of carbonyl (C=O) groups excluding carboxylic acids is 1. The second kappa shape index (κ2) is 8.64. The molecule has 3 N–H and O–H groups in total. The Kier molecular flexibility index (Phi) is 5.80. The molecule has 3 heterocycles. The zero-order valence-corrected chi connectivity index (χ0v) is 15.7. The number of aliphatic hydroxyl groups excluding tert-OH is 1. The van der Waals surface area contributed by atoms with Gasteiger partial charge in [-0.25, -0.2) is 9.97 Å². The predicted octanol–water partition coefficient (Wildman–Crippen LogP) is 0.436. The number of fused-ring (bicyclic) bond motifs is 1. The molecule has 0 spiro atoms. The lowest BCUT2D eigenvalue weighted by Gasteiger charge is -2.30. The summed E-state index contributed by atoms with van der Waals surface area (Å²) in [6, 6.07) is 10.2. The number of rotatable bonds is 7. The first-order valence-electron chi connectivity index (χ1n) is 9.59. The van der Waals surface area contributed by atoms with Gasteiger partial charge in [0.25, 0.3) is 5.91 Å². The molecule has 0 radical (unpaired) electrons. The number of β-amino-alcohol motifs (C(OH)–C–C–N with tert-alkyl or cyclic N) is 1. The molecule has 1 fully saturated rings. The Balaban J connectivity index is 1.25. The third-order valence-corrected chi connectivity index (χ3v) is 5.07. The van der Waals surface area contributed by atoms with Gasteiger partial charge < -0.3 is 20.5 Å². The molecule has 8 heteroatoms. The second-order valence-electron chi connectivity index (χ2n) is 7.28. The summed E-state index contributed by atoms with van der Waals surface area (Å²) in [7, 11) is 0. The van der Waals surface area contributed by atoms with Crippen molar-refractivity contribution in [3.8, 4) is 0 Å². The number of aromatic nitrogens is 2. The van der Waals surface area contributed by atoms with Gasteiger partial charge >= 0.3 is 0 Å². The monoisotopic (exact) mass is 383 g/mol. The van der Waals surface area contributed by atoms with Crippen LogP contribution in [0.1, 0.15) is 21.6 Å². The van der Waals surface area contributed by atoms with E-state index in [0.29, 0.717) is 25.6 Å². The molecule has 4 rings (SSSR count). The first-order valence-corrected chi connectivity index (χ1v) is 9.59. The van der Waals surface area contributed by atoms with E-state index in [2.05, 4.69) is 43.7 Å². The van der Waals surface area contributed by atoms with Crippen LogP contribution in [-0.2, 0) is 17.7 Å². The summed E-state index contributed by atoms with van der Waals surface area (Å²) in [6.45, 7) is 3.71. The quantitative estimate of drug-likeness (QED) is 0.638. The molecule has 0 bridgehead atoms. The van der Waals surface area contributed by atoms with Crippen LogP contribution in [-0.4, -0.2) is 70.9 Å². The zero-order valence-electron chi connectivity index (χ0n) is 15.7. The van der Waals surface area contributed by atoms with Gasteiger partial charge in [0.05, 0.1) is 25.4 Å². The van der Waals surface area contributed by atoms with Crippen molar-refractivity contribution in [2.45, 2.75) is 25.1 Å². The maximum atomic E-state index is 12.3. The van der Waals surface area contributed by atoms with E-state index in [0.717, 1.165) is 19.5 Å². The van der Waals surface area contributed by atoms with Crippen molar-refractivity contribution in [1.29, 1.82) is 0 Å². The Bertz CT molecular complexity index is 827. The molecular weight excluding hydrogens is 358 g/mol. The summed E-state index contributed by atoms with van der Waals surface area (Å²) in [5, 5.41) is 16.3. The van der Waals surface area contributed by atoms with Gasteiger partial charge in [-0.15, -0.1) is 0 Å². The molecular formula is C20H25N5O3. The van der Waals surface area contributed by atoms with E-state index in [1.165, 1.54) is 17.5 Å². The lowest BCUT2D eigenvalue weighted by Crippen LogP contribution is -2.42. The Labute approximate surface area is 163 Å².